The van der Waals surface area contributed by atoms with Crippen molar-refractivity contribution in [2.75, 3.05) is 19.9 Å². The number of carboxylic acids is 1. The molecule has 1 rings (SSSR count). The summed E-state index contributed by atoms with van der Waals surface area (Å²) in [6.07, 6.45) is 1.55. The summed E-state index contributed by atoms with van der Waals surface area (Å²) < 4.78 is 10.6. The molecule has 0 aliphatic carbocycles. The molecule has 0 aliphatic heterocycles. The average Bonchev–Trinajstić information content (AvgIpc) is 2.88. The highest BCUT2D eigenvalue weighted by molar-refractivity contribution is 7.57. The number of amides is 1. The van der Waals surface area contributed by atoms with Crippen molar-refractivity contribution in [3.05, 3.63) is 16.6 Å². The summed E-state index contributed by atoms with van der Waals surface area (Å²) in [4.78, 5) is 34.0. The Morgan fingerprint density at radius 3 is 2.36 bits per heavy atom. The molecule has 0 saturated heterocycles. The molecule has 0 radical (unpaired) electrons. The minimum atomic E-state index is -3.10. The number of nitrogens with two attached hydrogens (primary N) is 1. The van der Waals surface area contributed by atoms with Crippen LogP contribution in [0.3, 0.4) is 0 Å². The van der Waals surface area contributed by atoms with Crippen LogP contribution in [-0.2, 0) is 9.36 Å². The molecule has 1 aromatic rings. The average molecular weight is 357 g/mol. The van der Waals surface area contributed by atoms with Gasteiger partial charge in [-0.3, -0.25) is 19.1 Å². The van der Waals surface area contributed by atoms with E-state index >= 15 is 0 Å². The van der Waals surface area contributed by atoms with Crippen LogP contribution in [0, 0.1) is 0 Å². The molecule has 11 N–H and O–H groups in total. The number of carbonyl (C=O) groups excluding carboxylic acids is 1. The molecule has 1 aromatic heterocycles. The fourth-order valence-corrected chi connectivity index (χ4v) is 2.28. The third-order valence-electron chi connectivity index (χ3n) is 2.06. The van der Waals surface area contributed by atoms with E-state index in [9.17, 15) is 14.2 Å². The van der Waals surface area contributed by atoms with Gasteiger partial charge in [0.2, 0.25) is 0 Å². The minimum Gasteiger partial charge on any atom is -0.480 e. The first-order valence-electron chi connectivity index (χ1n) is 5.55. The van der Waals surface area contributed by atoms with Gasteiger partial charge in [-0.25, -0.2) is 0 Å². The number of carbonyl (C=O) groups is 2. The van der Waals surface area contributed by atoms with Crippen molar-refractivity contribution < 1.29 is 24.2 Å². The number of aromatic nitrogens is 1. The van der Waals surface area contributed by atoms with Crippen LogP contribution in [0.5, 0.6) is 0 Å². The zero-order chi connectivity index (χ0) is 15.8. The molecule has 1 amide bonds. The number of aliphatic carboxylic acids is 1. The van der Waals surface area contributed by atoms with Crippen LogP contribution in [0.4, 0.5) is 0 Å². The van der Waals surface area contributed by atoms with E-state index in [-0.39, 0.29) is 30.8 Å². The van der Waals surface area contributed by atoms with E-state index < -0.39 is 19.4 Å². The molecule has 130 valence electrons. The fourth-order valence-electron chi connectivity index (χ4n) is 0.953. The molecule has 0 bridgehead atoms. The SMILES string of the molecule is CNC(=O)c1cncs1.CP(=O)(O)CCC(N)C(=O)O.N.N. The predicted molar refractivity (Wildman–Crippen MR) is 86.4 cm³/mol. The second-order valence-corrected chi connectivity index (χ2v) is 7.39. The Morgan fingerprint density at radius 1 is 1.50 bits per heavy atom. The predicted octanol–water partition coefficient (Wildman–Crippen LogP) is 0.515. The lowest BCUT2D eigenvalue weighted by Gasteiger charge is -2.07. The number of hydrogen-bond acceptors (Lipinski definition) is 8. The van der Waals surface area contributed by atoms with Crippen molar-refractivity contribution in [3.8, 4) is 0 Å². The summed E-state index contributed by atoms with van der Waals surface area (Å²) >= 11 is 1.33. The van der Waals surface area contributed by atoms with Gasteiger partial charge in [-0.2, -0.15) is 0 Å². The van der Waals surface area contributed by atoms with Crippen LogP contribution < -0.4 is 23.4 Å². The summed E-state index contributed by atoms with van der Waals surface area (Å²) in [5, 5.41) is 10.8. The zero-order valence-electron chi connectivity index (χ0n) is 12.6. The third kappa shape index (κ3) is 12.4. The molecule has 22 heavy (non-hydrogen) atoms. The maximum atomic E-state index is 10.7. The first-order valence-corrected chi connectivity index (χ1v) is 8.72. The van der Waals surface area contributed by atoms with Crippen LogP contribution in [0.25, 0.3) is 0 Å². The van der Waals surface area contributed by atoms with E-state index in [1.54, 1.807) is 18.8 Å². The standard InChI is InChI=1S/C5H6N2OS.C5H12NO4P.2H3N/c1-6-5(8)4-2-7-3-9-4;1-11(9,10)3-2-4(6)5(7)8;;/h2-3H,1H3,(H,6,8);4H,2-3,6H2,1H3,(H,7,8)(H,9,10);2*1H3. The van der Waals surface area contributed by atoms with Crippen molar-refractivity contribution in [1.82, 2.24) is 22.6 Å². The van der Waals surface area contributed by atoms with Crippen molar-refractivity contribution in [2.45, 2.75) is 12.5 Å². The number of hydrogen-bond donors (Lipinski definition) is 6. The highest BCUT2D eigenvalue weighted by Gasteiger charge is 2.16. The fraction of sp³-hybridized carbons (Fsp3) is 0.500. The molecule has 10 nitrogen and oxygen atoms in total. The number of nitrogens with one attached hydrogen (secondary N) is 1. The Balaban J connectivity index is -0.000000304. The molecule has 2 unspecified atom stereocenters. The number of rotatable bonds is 5. The highest BCUT2D eigenvalue weighted by Crippen LogP contribution is 2.35. The van der Waals surface area contributed by atoms with E-state index in [1.807, 2.05) is 0 Å². The second-order valence-electron chi connectivity index (χ2n) is 3.95. The quantitative estimate of drug-likeness (QED) is 0.404. The van der Waals surface area contributed by atoms with E-state index in [1.165, 1.54) is 18.0 Å². The molecule has 0 aromatic carbocycles. The van der Waals surface area contributed by atoms with Crippen LogP contribution >= 0.6 is 18.7 Å². The molecule has 0 aliphatic rings. The summed E-state index contributed by atoms with van der Waals surface area (Å²) in [5.74, 6) is -1.21. The molecule has 0 fully saturated rings. The third-order valence-corrected chi connectivity index (χ3v) is 3.92. The van der Waals surface area contributed by atoms with Crippen LogP contribution in [0.15, 0.2) is 11.7 Å². The Morgan fingerprint density at radius 2 is 2.05 bits per heavy atom. The first kappa shape index (κ1) is 25.6. The van der Waals surface area contributed by atoms with Gasteiger partial charge in [0.25, 0.3) is 5.91 Å². The smallest absolute Gasteiger partial charge is 0.320 e. The van der Waals surface area contributed by atoms with Gasteiger partial charge < -0.3 is 33.4 Å². The first-order chi connectivity index (χ1) is 9.17. The van der Waals surface area contributed by atoms with Gasteiger partial charge in [0.15, 0.2) is 7.37 Å². The number of nitrogens with zero attached hydrogens (tertiary/aromatic N) is 1. The lowest BCUT2D eigenvalue weighted by Crippen LogP contribution is -2.30. The second kappa shape index (κ2) is 12.2. The Kier molecular flexibility index (Phi) is 14.2. The van der Waals surface area contributed by atoms with Crippen molar-refractivity contribution >= 4 is 30.6 Å². The highest BCUT2D eigenvalue weighted by atomic mass is 32.1. The van der Waals surface area contributed by atoms with Crippen molar-refractivity contribution in [2.24, 2.45) is 5.73 Å². The van der Waals surface area contributed by atoms with Crippen LogP contribution in [0.2, 0.25) is 0 Å². The van der Waals surface area contributed by atoms with Gasteiger partial charge in [0.05, 0.1) is 11.7 Å². The molecule has 0 spiro atoms. The monoisotopic (exact) mass is 357 g/mol. The molecular formula is C10H24N5O5PS. The minimum absolute atomic E-state index is 0. The van der Waals surface area contributed by atoms with E-state index in [0.29, 0.717) is 4.88 Å². The topological polar surface area (TPSA) is 213 Å². The molecule has 0 saturated carbocycles. The van der Waals surface area contributed by atoms with Gasteiger partial charge in [-0.15, -0.1) is 11.3 Å². The number of thiazole rings is 1. The lowest BCUT2D eigenvalue weighted by molar-refractivity contribution is -0.138. The van der Waals surface area contributed by atoms with E-state index in [4.69, 9.17) is 15.7 Å². The van der Waals surface area contributed by atoms with Crippen molar-refractivity contribution in [1.29, 1.82) is 0 Å². The van der Waals surface area contributed by atoms with Crippen LogP contribution in [-0.4, -0.2) is 52.8 Å². The maximum absolute atomic E-state index is 10.7. The summed E-state index contributed by atoms with van der Waals surface area (Å²) in [6, 6.07) is -1.03. The van der Waals surface area contributed by atoms with E-state index in [0.717, 1.165) is 0 Å². The summed E-state index contributed by atoms with van der Waals surface area (Å²) in [6.45, 7) is 1.18. The van der Waals surface area contributed by atoms with Gasteiger partial charge in [0, 0.05) is 19.9 Å². The Bertz CT molecular complexity index is 478. The zero-order valence-corrected chi connectivity index (χ0v) is 14.3. The Hall–Kier alpha value is -1.36. The largest absolute Gasteiger partial charge is 0.480 e. The van der Waals surface area contributed by atoms with Gasteiger partial charge in [0.1, 0.15) is 10.9 Å². The molecule has 2 atom stereocenters. The number of carboxylic acid groups (broad SMARTS) is 1. The summed E-state index contributed by atoms with van der Waals surface area (Å²) in [7, 11) is -1.50. The van der Waals surface area contributed by atoms with Crippen LogP contribution in [0.1, 0.15) is 16.1 Å². The molecular weight excluding hydrogens is 333 g/mol. The van der Waals surface area contributed by atoms with E-state index in [2.05, 4.69) is 10.3 Å². The normalized spacial score (nSPS) is 13.1. The van der Waals surface area contributed by atoms with Gasteiger partial charge in [-0.05, 0) is 6.42 Å². The summed E-state index contributed by atoms with van der Waals surface area (Å²) in [5.41, 5.74) is 6.72. The van der Waals surface area contributed by atoms with Gasteiger partial charge >= 0.3 is 5.97 Å². The van der Waals surface area contributed by atoms with Gasteiger partial charge in [-0.1, -0.05) is 0 Å². The Labute approximate surface area is 132 Å². The molecule has 12 heteroatoms. The lowest BCUT2D eigenvalue weighted by atomic mass is 10.2. The molecule has 1 heterocycles. The maximum Gasteiger partial charge on any atom is 0.320 e. The van der Waals surface area contributed by atoms with Crippen molar-refractivity contribution in [3.63, 3.8) is 0 Å².